The van der Waals surface area contributed by atoms with Crippen LogP contribution in [0.25, 0.3) is 0 Å². The predicted octanol–water partition coefficient (Wildman–Crippen LogP) is 2.54. The molecule has 1 fully saturated rings. The Kier molecular flexibility index (Phi) is 3.82. The van der Waals surface area contributed by atoms with E-state index in [-0.39, 0.29) is 0 Å². The molecule has 0 spiro atoms. The van der Waals surface area contributed by atoms with E-state index in [1.54, 1.807) is 0 Å². The van der Waals surface area contributed by atoms with Gasteiger partial charge in [-0.2, -0.15) is 0 Å². The van der Waals surface area contributed by atoms with E-state index in [0.717, 1.165) is 34.9 Å². The fourth-order valence-corrected chi connectivity index (χ4v) is 2.27. The Morgan fingerprint density at radius 2 is 2.31 bits per heavy atom. The largest absolute Gasteiger partial charge is 0.356 e. The Morgan fingerprint density at radius 3 is 2.88 bits per heavy atom. The molecule has 0 unspecified atom stereocenters. The lowest BCUT2D eigenvalue weighted by Crippen LogP contribution is -2.27. The maximum Gasteiger partial charge on any atom is 0.133 e. The van der Waals surface area contributed by atoms with E-state index in [0.29, 0.717) is 6.54 Å². The molecule has 2 rings (SSSR count). The van der Waals surface area contributed by atoms with Crippen molar-refractivity contribution in [3.8, 4) is 0 Å². The molecule has 0 bridgehead atoms. The molecule has 1 aromatic rings. The number of anilines is 1. The summed E-state index contributed by atoms with van der Waals surface area (Å²) < 4.78 is 0.999. The zero-order chi connectivity index (χ0) is 11.5. The number of nitrogens with two attached hydrogens (primary N) is 1. The first kappa shape index (κ1) is 11.9. The molecule has 1 aromatic heterocycles. The van der Waals surface area contributed by atoms with Gasteiger partial charge in [0.25, 0.3) is 0 Å². The van der Waals surface area contributed by atoms with E-state index >= 15 is 0 Å². The van der Waals surface area contributed by atoms with Crippen molar-refractivity contribution in [1.29, 1.82) is 0 Å². The molecule has 1 aliphatic rings. The third kappa shape index (κ3) is 2.74. The molecule has 3 nitrogen and oxygen atoms in total. The smallest absolute Gasteiger partial charge is 0.133 e. The Hall–Kier alpha value is -0.610. The standard InChI is InChI=1S/C12H18BrN3/c1-2-16(8-9-3-4-9)12-10(6-14)5-11(13)7-15-12/h5,7,9H,2-4,6,8,14H2,1H3. The van der Waals surface area contributed by atoms with Crippen LogP contribution >= 0.6 is 15.9 Å². The van der Waals surface area contributed by atoms with Gasteiger partial charge in [-0.25, -0.2) is 4.98 Å². The molecule has 0 aromatic carbocycles. The zero-order valence-electron chi connectivity index (χ0n) is 9.62. The molecular weight excluding hydrogens is 266 g/mol. The highest BCUT2D eigenvalue weighted by molar-refractivity contribution is 9.10. The van der Waals surface area contributed by atoms with Gasteiger partial charge in [0.15, 0.2) is 0 Å². The minimum Gasteiger partial charge on any atom is -0.356 e. The molecule has 0 radical (unpaired) electrons. The predicted molar refractivity (Wildman–Crippen MR) is 70.4 cm³/mol. The molecule has 0 amide bonds. The van der Waals surface area contributed by atoms with Crippen LogP contribution in [0.15, 0.2) is 16.7 Å². The molecule has 88 valence electrons. The van der Waals surface area contributed by atoms with Crippen molar-refractivity contribution in [1.82, 2.24) is 4.98 Å². The Morgan fingerprint density at radius 1 is 1.56 bits per heavy atom. The van der Waals surface area contributed by atoms with Crippen LogP contribution in [0.3, 0.4) is 0 Å². The highest BCUT2D eigenvalue weighted by Crippen LogP contribution is 2.32. The van der Waals surface area contributed by atoms with Gasteiger partial charge in [0.05, 0.1) is 0 Å². The highest BCUT2D eigenvalue weighted by atomic mass is 79.9. The van der Waals surface area contributed by atoms with Crippen LogP contribution in [0, 0.1) is 5.92 Å². The molecule has 1 aliphatic carbocycles. The van der Waals surface area contributed by atoms with E-state index in [4.69, 9.17) is 5.73 Å². The molecule has 16 heavy (non-hydrogen) atoms. The Labute approximate surface area is 105 Å². The van der Waals surface area contributed by atoms with Gasteiger partial charge < -0.3 is 10.6 Å². The van der Waals surface area contributed by atoms with Crippen LogP contribution in [0.4, 0.5) is 5.82 Å². The minimum absolute atomic E-state index is 0.545. The molecule has 0 aliphatic heterocycles. The number of aromatic nitrogens is 1. The monoisotopic (exact) mass is 283 g/mol. The van der Waals surface area contributed by atoms with Crippen LogP contribution in [0.5, 0.6) is 0 Å². The van der Waals surface area contributed by atoms with Crippen molar-refractivity contribution in [3.63, 3.8) is 0 Å². The maximum absolute atomic E-state index is 5.77. The van der Waals surface area contributed by atoms with E-state index in [9.17, 15) is 0 Å². The van der Waals surface area contributed by atoms with Gasteiger partial charge in [-0.15, -0.1) is 0 Å². The van der Waals surface area contributed by atoms with Crippen molar-refractivity contribution in [2.75, 3.05) is 18.0 Å². The quantitative estimate of drug-likeness (QED) is 0.903. The third-order valence-electron chi connectivity index (χ3n) is 2.99. The van der Waals surface area contributed by atoms with Gasteiger partial charge in [0.2, 0.25) is 0 Å². The molecule has 1 saturated carbocycles. The minimum atomic E-state index is 0.545. The molecule has 0 atom stereocenters. The molecule has 0 saturated heterocycles. The summed E-state index contributed by atoms with van der Waals surface area (Å²) in [5.41, 5.74) is 6.89. The van der Waals surface area contributed by atoms with Crippen molar-refractivity contribution >= 4 is 21.7 Å². The van der Waals surface area contributed by atoms with Crippen LogP contribution in [0.2, 0.25) is 0 Å². The number of rotatable bonds is 5. The van der Waals surface area contributed by atoms with E-state index in [1.807, 2.05) is 6.20 Å². The van der Waals surface area contributed by atoms with Gasteiger partial charge in [-0.1, -0.05) is 0 Å². The zero-order valence-corrected chi connectivity index (χ0v) is 11.2. The average Bonchev–Trinajstić information content (AvgIpc) is 3.10. The fraction of sp³-hybridized carbons (Fsp3) is 0.583. The van der Waals surface area contributed by atoms with Gasteiger partial charge in [-0.05, 0) is 47.7 Å². The first-order chi connectivity index (χ1) is 7.74. The van der Waals surface area contributed by atoms with Gasteiger partial charge in [0, 0.05) is 35.9 Å². The third-order valence-corrected chi connectivity index (χ3v) is 3.42. The van der Waals surface area contributed by atoms with Crippen molar-refractivity contribution in [3.05, 3.63) is 22.3 Å². The summed E-state index contributed by atoms with van der Waals surface area (Å²) in [4.78, 5) is 6.84. The lowest BCUT2D eigenvalue weighted by molar-refractivity contribution is 0.726. The number of hydrogen-bond donors (Lipinski definition) is 1. The van der Waals surface area contributed by atoms with Crippen LogP contribution in [-0.4, -0.2) is 18.1 Å². The Bertz CT molecular complexity index is 363. The van der Waals surface area contributed by atoms with Gasteiger partial charge in [-0.3, -0.25) is 0 Å². The summed E-state index contributed by atoms with van der Waals surface area (Å²) in [7, 11) is 0. The summed E-state index contributed by atoms with van der Waals surface area (Å²) in [5, 5.41) is 0. The second kappa shape index (κ2) is 5.15. The normalized spacial score (nSPS) is 15.2. The molecular formula is C12H18BrN3. The maximum atomic E-state index is 5.77. The van der Waals surface area contributed by atoms with Crippen molar-refractivity contribution in [2.45, 2.75) is 26.3 Å². The lowest BCUT2D eigenvalue weighted by atomic mass is 10.2. The summed E-state index contributed by atoms with van der Waals surface area (Å²) in [6.07, 6.45) is 4.58. The fourth-order valence-electron chi connectivity index (χ4n) is 1.89. The SMILES string of the molecule is CCN(CC1CC1)c1ncc(Br)cc1CN. The second-order valence-corrected chi connectivity index (χ2v) is 5.24. The number of nitrogens with zero attached hydrogens (tertiary/aromatic N) is 2. The highest BCUT2D eigenvalue weighted by Gasteiger charge is 2.25. The topological polar surface area (TPSA) is 42.2 Å². The summed E-state index contributed by atoms with van der Waals surface area (Å²) in [6, 6.07) is 2.07. The second-order valence-electron chi connectivity index (χ2n) is 4.32. The van der Waals surface area contributed by atoms with E-state index in [2.05, 4.69) is 38.8 Å². The number of hydrogen-bond acceptors (Lipinski definition) is 3. The van der Waals surface area contributed by atoms with Crippen molar-refractivity contribution in [2.24, 2.45) is 11.7 Å². The first-order valence-electron chi connectivity index (χ1n) is 5.84. The van der Waals surface area contributed by atoms with Gasteiger partial charge in [0.1, 0.15) is 5.82 Å². The summed E-state index contributed by atoms with van der Waals surface area (Å²) in [6.45, 7) is 4.84. The van der Waals surface area contributed by atoms with Gasteiger partial charge >= 0.3 is 0 Å². The van der Waals surface area contributed by atoms with E-state index in [1.165, 1.54) is 12.8 Å². The van der Waals surface area contributed by atoms with Crippen LogP contribution < -0.4 is 10.6 Å². The molecule has 2 N–H and O–H groups in total. The summed E-state index contributed by atoms with van der Waals surface area (Å²) in [5.74, 6) is 1.93. The molecule has 4 heteroatoms. The average molecular weight is 284 g/mol. The first-order valence-corrected chi connectivity index (χ1v) is 6.63. The van der Waals surface area contributed by atoms with Crippen LogP contribution in [-0.2, 0) is 6.54 Å². The Balaban J connectivity index is 2.21. The number of halogens is 1. The number of pyridine rings is 1. The molecule has 1 heterocycles. The van der Waals surface area contributed by atoms with Crippen molar-refractivity contribution < 1.29 is 0 Å². The lowest BCUT2D eigenvalue weighted by Gasteiger charge is -2.24. The van der Waals surface area contributed by atoms with E-state index < -0.39 is 0 Å². The summed E-state index contributed by atoms with van der Waals surface area (Å²) >= 11 is 3.43. The van der Waals surface area contributed by atoms with Crippen LogP contribution in [0.1, 0.15) is 25.3 Å².